The van der Waals surface area contributed by atoms with Crippen molar-refractivity contribution in [2.75, 3.05) is 32.8 Å². The van der Waals surface area contributed by atoms with Crippen molar-refractivity contribution in [2.24, 2.45) is 5.10 Å². The summed E-state index contributed by atoms with van der Waals surface area (Å²) in [5.41, 5.74) is 1.97. The molecule has 0 aliphatic carbocycles. The molecule has 0 saturated carbocycles. The van der Waals surface area contributed by atoms with E-state index in [1.165, 1.54) is 0 Å². The van der Waals surface area contributed by atoms with Gasteiger partial charge in [-0.3, -0.25) is 9.69 Å². The Morgan fingerprint density at radius 3 is 2.65 bits per heavy atom. The summed E-state index contributed by atoms with van der Waals surface area (Å²) in [7, 11) is 0. The van der Waals surface area contributed by atoms with E-state index >= 15 is 0 Å². The summed E-state index contributed by atoms with van der Waals surface area (Å²) in [5, 5.41) is 6.27. The molecule has 1 aromatic carbocycles. The lowest BCUT2D eigenvalue weighted by molar-refractivity contribution is -0.134. The molecule has 0 bridgehead atoms. The number of hydrogen-bond donors (Lipinski definition) is 0. The fraction of sp³-hybridized carbons (Fsp3) is 0.400. The molecule has 1 fully saturated rings. The Labute approximate surface area is 153 Å². The van der Waals surface area contributed by atoms with Gasteiger partial charge in [-0.2, -0.15) is 5.10 Å². The number of hydrogen-bond acceptors (Lipinski definition) is 5. The quantitative estimate of drug-likeness (QED) is 0.829. The first-order valence-corrected chi connectivity index (χ1v) is 9.10. The summed E-state index contributed by atoms with van der Waals surface area (Å²) < 4.78 is 10.9. The van der Waals surface area contributed by atoms with Gasteiger partial charge in [0.05, 0.1) is 25.2 Å². The van der Waals surface area contributed by atoms with Crippen molar-refractivity contribution in [3.05, 3.63) is 60.1 Å². The van der Waals surface area contributed by atoms with Crippen LogP contribution in [0.2, 0.25) is 0 Å². The molecule has 1 amide bonds. The fourth-order valence-corrected chi connectivity index (χ4v) is 3.44. The summed E-state index contributed by atoms with van der Waals surface area (Å²) in [6.45, 7) is 3.98. The molecule has 0 spiro atoms. The van der Waals surface area contributed by atoms with E-state index in [2.05, 4.69) is 10.0 Å². The molecule has 0 radical (unpaired) electrons. The van der Waals surface area contributed by atoms with E-state index in [1.807, 2.05) is 42.5 Å². The third kappa shape index (κ3) is 3.71. The van der Waals surface area contributed by atoms with Crippen molar-refractivity contribution in [3.63, 3.8) is 0 Å². The summed E-state index contributed by atoms with van der Waals surface area (Å²) in [4.78, 5) is 15.2. The molecule has 1 unspecified atom stereocenters. The lowest BCUT2D eigenvalue weighted by Gasteiger charge is -2.27. The Bertz CT molecular complexity index is 752. The van der Waals surface area contributed by atoms with Gasteiger partial charge in [0.15, 0.2) is 0 Å². The first-order valence-electron chi connectivity index (χ1n) is 9.10. The van der Waals surface area contributed by atoms with Crippen molar-refractivity contribution >= 4 is 11.6 Å². The number of morpholine rings is 1. The minimum atomic E-state index is -0.169. The predicted molar refractivity (Wildman–Crippen MR) is 97.8 cm³/mol. The van der Waals surface area contributed by atoms with Crippen LogP contribution in [0.3, 0.4) is 0 Å². The molecule has 3 heterocycles. The number of furan rings is 1. The SMILES string of the molecule is O=C(CCN1CCOCC1)N1N=C(c2ccccc2)CC1c1ccco1. The Morgan fingerprint density at radius 1 is 1.12 bits per heavy atom. The summed E-state index contributed by atoms with van der Waals surface area (Å²) in [6.07, 6.45) is 2.76. The van der Waals surface area contributed by atoms with Crippen molar-refractivity contribution in [1.82, 2.24) is 9.91 Å². The third-order valence-corrected chi connectivity index (χ3v) is 4.89. The van der Waals surface area contributed by atoms with E-state index in [4.69, 9.17) is 9.15 Å². The summed E-state index contributed by atoms with van der Waals surface area (Å²) in [6, 6.07) is 13.6. The van der Waals surface area contributed by atoms with Crippen molar-refractivity contribution in [1.29, 1.82) is 0 Å². The van der Waals surface area contributed by atoms with Crippen molar-refractivity contribution < 1.29 is 13.9 Å². The molecule has 0 N–H and O–H groups in total. The van der Waals surface area contributed by atoms with Gasteiger partial charge in [-0.1, -0.05) is 30.3 Å². The molecule has 1 aromatic heterocycles. The maximum Gasteiger partial charge on any atom is 0.244 e. The number of benzene rings is 1. The number of nitrogens with zero attached hydrogens (tertiary/aromatic N) is 3. The molecule has 2 aromatic rings. The first-order chi connectivity index (χ1) is 12.8. The Kier molecular flexibility index (Phi) is 5.13. The van der Waals surface area contributed by atoms with Crippen LogP contribution in [-0.4, -0.2) is 54.4 Å². The van der Waals surface area contributed by atoms with Gasteiger partial charge in [-0.25, -0.2) is 5.01 Å². The first kappa shape index (κ1) is 17.0. The second kappa shape index (κ2) is 7.85. The monoisotopic (exact) mass is 353 g/mol. The Balaban J connectivity index is 1.49. The van der Waals surface area contributed by atoms with E-state index in [9.17, 15) is 4.79 Å². The lowest BCUT2D eigenvalue weighted by Crippen LogP contribution is -2.39. The van der Waals surface area contributed by atoms with E-state index in [1.54, 1.807) is 11.3 Å². The zero-order valence-corrected chi connectivity index (χ0v) is 14.7. The third-order valence-electron chi connectivity index (χ3n) is 4.89. The molecule has 4 rings (SSSR count). The topological polar surface area (TPSA) is 58.3 Å². The van der Waals surface area contributed by atoms with Crippen molar-refractivity contribution in [2.45, 2.75) is 18.9 Å². The second-order valence-electron chi connectivity index (χ2n) is 6.59. The highest BCUT2D eigenvalue weighted by molar-refractivity contribution is 6.03. The standard InChI is InChI=1S/C20H23N3O3/c24-20(8-9-22-10-13-25-14-11-22)23-18(19-7-4-12-26-19)15-17(21-23)16-5-2-1-3-6-16/h1-7,12,18H,8-11,13-15H2. The second-order valence-corrected chi connectivity index (χ2v) is 6.59. The van der Waals surface area contributed by atoms with Crippen molar-refractivity contribution in [3.8, 4) is 0 Å². The number of hydrazone groups is 1. The minimum Gasteiger partial charge on any atom is -0.467 e. The van der Waals surface area contributed by atoms with Crippen LogP contribution in [0.25, 0.3) is 0 Å². The van der Waals surface area contributed by atoms with Crippen LogP contribution >= 0.6 is 0 Å². The van der Waals surface area contributed by atoms with Gasteiger partial charge in [0.2, 0.25) is 5.91 Å². The Hall–Kier alpha value is -2.44. The molecular formula is C20H23N3O3. The van der Waals surface area contributed by atoms with E-state index in [0.717, 1.165) is 49.9 Å². The molecule has 6 heteroatoms. The predicted octanol–water partition coefficient (Wildman–Crippen LogP) is 2.68. The van der Waals surface area contributed by atoms with Gasteiger partial charge in [0, 0.05) is 32.5 Å². The normalized spacial score (nSPS) is 21.0. The highest BCUT2D eigenvalue weighted by Crippen LogP contribution is 2.33. The van der Waals surface area contributed by atoms with E-state index in [-0.39, 0.29) is 11.9 Å². The zero-order valence-electron chi connectivity index (χ0n) is 14.7. The summed E-state index contributed by atoms with van der Waals surface area (Å²) in [5.74, 6) is 0.809. The van der Waals surface area contributed by atoms with Crippen LogP contribution < -0.4 is 0 Å². The number of carbonyl (C=O) groups excluding carboxylic acids is 1. The fourth-order valence-electron chi connectivity index (χ4n) is 3.44. The minimum absolute atomic E-state index is 0.0313. The molecule has 2 aliphatic heterocycles. The molecular weight excluding hydrogens is 330 g/mol. The van der Waals surface area contributed by atoms with Gasteiger partial charge in [0.1, 0.15) is 11.8 Å². The van der Waals surface area contributed by atoms with Crippen LogP contribution in [-0.2, 0) is 9.53 Å². The molecule has 6 nitrogen and oxygen atoms in total. The number of amides is 1. The number of carbonyl (C=O) groups is 1. The highest BCUT2D eigenvalue weighted by Gasteiger charge is 2.34. The number of ether oxygens (including phenoxy) is 1. The zero-order chi connectivity index (χ0) is 17.8. The average molecular weight is 353 g/mol. The van der Waals surface area contributed by atoms with E-state index < -0.39 is 0 Å². The molecule has 2 aliphatic rings. The molecule has 136 valence electrons. The molecule has 1 atom stereocenters. The van der Waals surface area contributed by atoms with E-state index in [0.29, 0.717) is 12.8 Å². The largest absolute Gasteiger partial charge is 0.467 e. The van der Waals surface area contributed by atoms with Crippen LogP contribution in [0, 0.1) is 0 Å². The maximum absolute atomic E-state index is 12.9. The van der Waals surface area contributed by atoms with Gasteiger partial charge in [0.25, 0.3) is 0 Å². The summed E-state index contributed by atoms with van der Waals surface area (Å²) >= 11 is 0. The van der Waals surface area contributed by atoms with Crippen LogP contribution in [0.1, 0.15) is 30.2 Å². The lowest BCUT2D eigenvalue weighted by atomic mass is 10.0. The van der Waals surface area contributed by atoms with Gasteiger partial charge in [-0.15, -0.1) is 0 Å². The Morgan fingerprint density at radius 2 is 1.92 bits per heavy atom. The number of rotatable bonds is 5. The smallest absolute Gasteiger partial charge is 0.244 e. The molecule has 26 heavy (non-hydrogen) atoms. The maximum atomic E-state index is 12.9. The average Bonchev–Trinajstić information content (AvgIpc) is 3.37. The highest BCUT2D eigenvalue weighted by atomic mass is 16.5. The van der Waals surface area contributed by atoms with Crippen LogP contribution in [0.15, 0.2) is 58.2 Å². The van der Waals surface area contributed by atoms with Crippen LogP contribution in [0.5, 0.6) is 0 Å². The van der Waals surface area contributed by atoms with Gasteiger partial charge in [-0.05, 0) is 17.7 Å². The van der Waals surface area contributed by atoms with Gasteiger partial charge >= 0.3 is 0 Å². The van der Waals surface area contributed by atoms with Gasteiger partial charge < -0.3 is 9.15 Å². The molecule has 1 saturated heterocycles. The van der Waals surface area contributed by atoms with Crippen LogP contribution in [0.4, 0.5) is 0 Å².